The fourth-order valence-electron chi connectivity index (χ4n) is 3.32. The fourth-order valence-corrected chi connectivity index (χ4v) is 4.91. The quantitative estimate of drug-likeness (QED) is 0.337. The molecule has 0 fully saturated rings. The molecule has 0 bridgehead atoms. The third-order valence-corrected chi connectivity index (χ3v) is 7.16. The molecule has 0 saturated heterocycles. The summed E-state index contributed by atoms with van der Waals surface area (Å²) < 4.78 is 1.64. The lowest BCUT2D eigenvalue weighted by molar-refractivity contribution is -0.120. The van der Waals surface area contributed by atoms with E-state index >= 15 is 0 Å². The maximum Gasteiger partial charge on any atom is 0.266 e. The first-order valence-electron chi connectivity index (χ1n) is 10.0. The number of rotatable bonds is 6. The van der Waals surface area contributed by atoms with Crippen molar-refractivity contribution in [3.63, 3.8) is 0 Å². The van der Waals surface area contributed by atoms with Crippen molar-refractivity contribution in [2.24, 2.45) is 0 Å². The smallest absolute Gasteiger partial charge is 0.266 e. The van der Waals surface area contributed by atoms with Crippen LogP contribution in [0.25, 0.3) is 16.6 Å². The number of thiophene rings is 1. The van der Waals surface area contributed by atoms with E-state index in [2.05, 4.69) is 5.32 Å². The van der Waals surface area contributed by atoms with Crippen LogP contribution in [-0.4, -0.2) is 20.7 Å². The van der Waals surface area contributed by atoms with E-state index < -0.39 is 5.25 Å². The van der Waals surface area contributed by atoms with Crippen LogP contribution in [0, 0.1) is 13.8 Å². The number of carbonyl (C=O) groups is 1. The van der Waals surface area contributed by atoms with E-state index in [1.807, 2.05) is 74.7 Å². The molecule has 1 atom stereocenters. The molecule has 0 aliphatic heterocycles. The summed E-state index contributed by atoms with van der Waals surface area (Å²) >= 11 is 2.90. The highest BCUT2D eigenvalue weighted by Crippen LogP contribution is 2.27. The molecule has 4 aromatic rings. The van der Waals surface area contributed by atoms with Crippen molar-refractivity contribution in [1.82, 2.24) is 14.9 Å². The standard InChI is InChI=1S/C24H23N3O2S2/c1-15-8-6-12-21(16(15)2)27-23(29)19-10-4-5-11-20(19)26-24(27)31-17(3)22(28)25-14-18-9-7-13-30-18/h4-13,17H,14H2,1-3H3,(H,25,28). The average Bonchev–Trinajstić information content (AvgIpc) is 3.28. The summed E-state index contributed by atoms with van der Waals surface area (Å²) in [5, 5.41) is 5.62. The predicted molar refractivity (Wildman–Crippen MR) is 128 cm³/mol. The number of carbonyl (C=O) groups excluding carboxylic acids is 1. The molecule has 0 aliphatic carbocycles. The first kappa shape index (κ1) is 21.3. The van der Waals surface area contributed by atoms with Gasteiger partial charge >= 0.3 is 0 Å². The van der Waals surface area contributed by atoms with Gasteiger partial charge in [0.25, 0.3) is 5.56 Å². The normalized spacial score (nSPS) is 12.1. The van der Waals surface area contributed by atoms with Gasteiger partial charge in [0, 0.05) is 4.88 Å². The topological polar surface area (TPSA) is 64.0 Å². The minimum atomic E-state index is -0.413. The summed E-state index contributed by atoms with van der Waals surface area (Å²) in [6, 6.07) is 17.2. The van der Waals surface area contributed by atoms with Crippen molar-refractivity contribution in [3.05, 3.63) is 86.3 Å². The van der Waals surface area contributed by atoms with E-state index in [0.29, 0.717) is 22.6 Å². The summed E-state index contributed by atoms with van der Waals surface area (Å²) in [5.41, 5.74) is 3.39. The van der Waals surface area contributed by atoms with Gasteiger partial charge in [-0.1, -0.05) is 42.1 Å². The molecular weight excluding hydrogens is 426 g/mol. The van der Waals surface area contributed by atoms with Crippen LogP contribution in [0.4, 0.5) is 0 Å². The molecule has 2 aromatic carbocycles. The minimum absolute atomic E-state index is 0.0895. The Balaban J connectivity index is 1.73. The summed E-state index contributed by atoms with van der Waals surface area (Å²) in [6.07, 6.45) is 0. The van der Waals surface area contributed by atoms with Crippen molar-refractivity contribution >= 4 is 39.9 Å². The Hall–Kier alpha value is -2.90. The van der Waals surface area contributed by atoms with Gasteiger partial charge in [-0.3, -0.25) is 14.2 Å². The van der Waals surface area contributed by atoms with Crippen LogP contribution in [0.5, 0.6) is 0 Å². The summed E-state index contributed by atoms with van der Waals surface area (Å²) in [5.74, 6) is -0.0895. The van der Waals surface area contributed by atoms with Gasteiger partial charge in [0.15, 0.2) is 5.16 Å². The van der Waals surface area contributed by atoms with Crippen molar-refractivity contribution < 1.29 is 4.79 Å². The Morgan fingerprint density at radius 2 is 1.94 bits per heavy atom. The van der Waals surface area contributed by atoms with Crippen molar-refractivity contribution in [1.29, 1.82) is 0 Å². The van der Waals surface area contributed by atoms with Gasteiger partial charge in [-0.15, -0.1) is 11.3 Å². The molecule has 1 amide bonds. The van der Waals surface area contributed by atoms with Crippen LogP contribution >= 0.6 is 23.1 Å². The fraction of sp³-hybridized carbons (Fsp3) is 0.208. The maximum absolute atomic E-state index is 13.5. The average molecular weight is 450 g/mol. The van der Waals surface area contributed by atoms with Crippen LogP contribution in [0.3, 0.4) is 0 Å². The predicted octanol–water partition coefficient (Wildman–Crippen LogP) is 4.86. The second kappa shape index (κ2) is 9.08. The number of thioether (sulfide) groups is 1. The lowest BCUT2D eigenvalue weighted by Crippen LogP contribution is -2.31. The minimum Gasteiger partial charge on any atom is -0.350 e. The second-order valence-electron chi connectivity index (χ2n) is 7.33. The van der Waals surface area contributed by atoms with Crippen LogP contribution in [0.15, 0.2) is 69.9 Å². The molecule has 4 rings (SSSR count). The number of hydrogen-bond donors (Lipinski definition) is 1. The summed E-state index contributed by atoms with van der Waals surface area (Å²) in [4.78, 5) is 32.0. The molecule has 2 aromatic heterocycles. The van der Waals surface area contributed by atoms with E-state index in [0.717, 1.165) is 21.7 Å². The van der Waals surface area contributed by atoms with Gasteiger partial charge < -0.3 is 5.32 Å². The van der Waals surface area contributed by atoms with E-state index in [4.69, 9.17) is 4.98 Å². The highest BCUT2D eigenvalue weighted by Gasteiger charge is 2.21. The molecule has 0 radical (unpaired) electrons. The van der Waals surface area contributed by atoms with E-state index in [1.54, 1.807) is 22.0 Å². The van der Waals surface area contributed by atoms with Gasteiger partial charge in [0.1, 0.15) is 0 Å². The van der Waals surface area contributed by atoms with Crippen molar-refractivity contribution in [2.75, 3.05) is 0 Å². The Morgan fingerprint density at radius 3 is 2.71 bits per heavy atom. The zero-order valence-electron chi connectivity index (χ0n) is 17.6. The number of hydrogen-bond acceptors (Lipinski definition) is 5. The highest BCUT2D eigenvalue weighted by atomic mass is 32.2. The molecule has 2 heterocycles. The molecule has 0 spiro atoms. The monoisotopic (exact) mass is 449 g/mol. The Morgan fingerprint density at radius 1 is 1.13 bits per heavy atom. The van der Waals surface area contributed by atoms with Gasteiger partial charge in [-0.2, -0.15) is 0 Å². The van der Waals surface area contributed by atoms with Gasteiger partial charge in [-0.25, -0.2) is 4.98 Å². The van der Waals surface area contributed by atoms with Gasteiger partial charge in [0.05, 0.1) is 28.4 Å². The van der Waals surface area contributed by atoms with Gasteiger partial charge in [-0.05, 0) is 61.5 Å². The summed E-state index contributed by atoms with van der Waals surface area (Å²) in [6.45, 7) is 6.35. The largest absolute Gasteiger partial charge is 0.350 e. The Kier molecular flexibility index (Phi) is 6.25. The van der Waals surface area contributed by atoms with E-state index in [9.17, 15) is 9.59 Å². The number of nitrogens with one attached hydrogen (secondary N) is 1. The molecule has 0 aliphatic rings. The number of nitrogens with zero attached hydrogens (tertiary/aromatic N) is 2. The molecule has 1 N–H and O–H groups in total. The van der Waals surface area contributed by atoms with Crippen LogP contribution in [0.1, 0.15) is 22.9 Å². The van der Waals surface area contributed by atoms with Crippen molar-refractivity contribution in [2.45, 2.75) is 37.7 Å². The van der Waals surface area contributed by atoms with Gasteiger partial charge in [0.2, 0.25) is 5.91 Å². The van der Waals surface area contributed by atoms with E-state index in [1.165, 1.54) is 11.8 Å². The number of amides is 1. The lowest BCUT2D eigenvalue weighted by atomic mass is 10.1. The highest BCUT2D eigenvalue weighted by molar-refractivity contribution is 8.00. The molecular formula is C24H23N3O2S2. The molecule has 5 nitrogen and oxygen atoms in total. The first-order valence-corrected chi connectivity index (χ1v) is 11.8. The lowest BCUT2D eigenvalue weighted by Gasteiger charge is -2.18. The number of para-hydroxylation sites is 1. The third-order valence-electron chi connectivity index (χ3n) is 5.23. The van der Waals surface area contributed by atoms with Crippen LogP contribution < -0.4 is 10.9 Å². The number of aromatic nitrogens is 2. The zero-order valence-corrected chi connectivity index (χ0v) is 19.2. The van der Waals surface area contributed by atoms with E-state index in [-0.39, 0.29) is 11.5 Å². The SMILES string of the molecule is Cc1cccc(-n2c(SC(C)C(=O)NCc3cccs3)nc3ccccc3c2=O)c1C. The second-order valence-corrected chi connectivity index (χ2v) is 9.67. The molecule has 31 heavy (non-hydrogen) atoms. The molecule has 0 saturated carbocycles. The zero-order chi connectivity index (χ0) is 22.0. The van der Waals surface area contributed by atoms with Crippen LogP contribution in [0.2, 0.25) is 0 Å². The number of benzene rings is 2. The maximum atomic E-state index is 13.5. The molecule has 158 valence electrons. The molecule has 1 unspecified atom stereocenters. The Bertz CT molecular complexity index is 1300. The Labute approximate surface area is 189 Å². The summed E-state index contributed by atoms with van der Waals surface area (Å²) in [7, 11) is 0. The van der Waals surface area contributed by atoms with Crippen molar-refractivity contribution in [3.8, 4) is 5.69 Å². The number of fused-ring (bicyclic) bond motifs is 1. The van der Waals surface area contributed by atoms with Crippen LogP contribution in [-0.2, 0) is 11.3 Å². The number of aryl methyl sites for hydroxylation is 1. The first-order chi connectivity index (χ1) is 15.0. The molecule has 7 heteroatoms. The third kappa shape index (κ3) is 4.43.